The van der Waals surface area contributed by atoms with Gasteiger partial charge in [-0.2, -0.15) is 5.10 Å². The average molecular weight is 624 g/mol. The lowest BCUT2D eigenvalue weighted by Crippen LogP contribution is -2.57. The predicted molar refractivity (Wildman–Crippen MR) is 162 cm³/mol. The van der Waals surface area contributed by atoms with Gasteiger partial charge in [0.05, 0.1) is 27.5 Å². The number of nitrogens with zero attached hydrogens (tertiary/aromatic N) is 3. The minimum atomic E-state index is -1.18. The van der Waals surface area contributed by atoms with Crippen molar-refractivity contribution in [2.45, 2.75) is 43.8 Å². The Morgan fingerprint density at radius 3 is 2.67 bits per heavy atom. The number of carbonyl (C=O) groups is 2. The molecule has 1 aliphatic carbocycles. The molecule has 8 nitrogen and oxygen atoms in total. The third-order valence-corrected chi connectivity index (χ3v) is 9.77. The van der Waals surface area contributed by atoms with Crippen LogP contribution in [0.3, 0.4) is 0 Å². The van der Waals surface area contributed by atoms with Crippen molar-refractivity contribution in [2.75, 3.05) is 18.5 Å². The minimum absolute atomic E-state index is 0.0103. The number of carbonyl (C=O) groups excluding carboxylic acids is 1. The molecule has 2 fully saturated rings. The fraction of sp³-hybridized carbons (Fsp3) is 0.344. The van der Waals surface area contributed by atoms with E-state index < -0.39 is 23.2 Å². The van der Waals surface area contributed by atoms with Crippen LogP contribution in [0.15, 0.2) is 60.7 Å². The van der Waals surface area contributed by atoms with E-state index in [1.54, 1.807) is 53.2 Å². The van der Waals surface area contributed by atoms with Gasteiger partial charge < -0.3 is 15.2 Å². The number of halogens is 3. The molecule has 43 heavy (non-hydrogen) atoms. The van der Waals surface area contributed by atoms with Gasteiger partial charge in [-0.15, -0.1) is 0 Å². The number of carboxylic acid groups (broad SMARTS) is 1. The minimum Gasteiger partial charge on any atom is -0.478 e. The average Bonchev–Trinajstić information content (AvgIpc) is 3.72. The number of aromatic carboxylic acids is 1. The highest BCUT2D eigenvalue weighted by molar-refractivity contribution is 6.31. The van der Waals surface area contributed by atoms with Gasteiger partial charge in [-0.1, -0.05) is 41.4 Å². The summed E-state index contributed by atoms with van der Waals surface area (Å²) in [6.07, 6.45) is 2.11. The number of amides is 1. The number of rotatable bonds is 6. The van der Waals surface area contributed by atoms with Crippen molar-refractivity contribution in [1.29, 1.82) is 0 Å². The fourth-order valence-electron chi connectivity index (χ4n) is 7.01. The summed E-state index contributed by atoms with van der Waals surface area (Å²) in [6, 6.07) is 16.4. The Kier molecular flexibility index (Phi) is 6.87. The molecule has 3 aromatic carbocycles. The second-order valence-corrected chi connectivity index (χ2v) is 12.7. The van der Waals surface area contributed by atoms with Crippen LogP contribution in [0.2, 0.25) is 10.0 Å². The Morgan fingerprint density at radius 1 is 1.14 bits per heavy atom. The number of carboxylic acids is 1. The van der Waals surface area contributed by atoms with Crippen molar-refractivity contribution in [1.82, 2.24) is 14.7 Å². The third kappa shape index (κ3) is 4.74. The molecular formula is C32H29Cl2FN4O4. The van der Waals surface area contributed by atoms with Gasteiger partial charge in [-0.25, -0.2) is 13.9 Å². The quantitative estimate of drug-likeness (QED) is 0.256. The molecule has 1 saturated heterocycles. The number of benzene rings is 3. The van der Waals surface area contributed by atoms with Crippen LogP contribution < -0.4 is 10.1 Å². The van der Waals surface area contributed by atoms with E-state index in [0.29, 0.717) is 52.1 Å². The Bertz CT molecular complexity index is 1780. The molecule has 11 heteroatoms. The van der Waals surface area contributed by atoms with Crippen LogP contribution in [0, 0.1) is 17.7 Å². The van der Waals surface area contributed by atoms with Gasteiger partial charge in [0.2, 0.25) is 11.8 Å². The lowest BCUT2D eigenvalue weighted by atomic mass is 9.74. The van der Waals surface area contributed by atoms with Gasteiger partial charge in [-0.3, -0.25) is 9.69 Å². The normalized spacial score (nSPS) is 25.1. The maximum atomic E-state index is 16.0. The zero-order valence-electron chi connectivity index (χ0n) is 23.3. The second-order valence-electron chi connectivity index (χ2n) is 11.9. The summed E-state index contributed by atoms with van der Waals surface area (Å²) in [5.74, 6) is -1.90. The van der Waals surface area contributed by atoms with Crippen LogP contribution >= 0.6 is 23.2 Å². The van der Waals surface area contributed by atoms with E-state index in [1.165, 1.54) is 12.1 Å². The predicted octanol–water partition coefficient (Wildman–Crippen LogP) is 6.46. The van der Waals surface area contributed by atoms with Crippen molar-refractivity contribution in [3.8, 4) is 5.88 Å². The zero-order valence-corrected chi connectivity index (χ0v) is 24.8. The summed E-state index contributed by atoms with van der Waals surface area (Å²) in [4.78, 5) is 28.4. The van der Waals surface area contributed by atoms with Gasteiger partial charge in [0, 0.05) is 35.6 Å². The highest BCUT2D eigenvalue weighted by atomic mass is 35.5. The Balaban J connectivity index is 1.37. The monoisotopic (exact) mass is 622 g/mol. The summed E-state index contributed by atoms with van der Waals surface area (Å²) >= 11 is 12.6. The summed E-state index contributed by atoms with van der Waals surface area (Å²) in [6.45, 7) is 3.08. The van der Waals surface area contributed by atoms with Crippen molar-refractivity contribution in [2.24, 2.45) is 11.8 Å². The highest BCUT2D eigenvalue weighted by Gasteiger charge is 2.62. The zero-order chi connectivity index (χ0) is 30.0. The van der Waals surface area contributed by atoms with E-state index in [4.69, 9.17) is 33.0 Å². The first-order chi connectivity index (χ1) is 20.6. The number of aromatic nitrogens is 2. The lowest BCUT2D eigenvalue weighted by Gasteiger charge is -2.40. The van der Waals surface area contributed by atoms with Gasteiger partial charge in [0.1, 0.15) is 18.0 Å². The summed E-state index contributed by atoms with van der Waals surface area (Å²) in [7, 11) is 0. The Hall–Kier alpha value is -3.66. The van der Waals surface area contributed by atoms with Gasteiger partial charge in [0.25, 0.3) is 0 Å². The van der Waals surface area contributed by atoms with Gasteiger partial charge in [-0.05, 0) is 73.7 Å². The third-order valence-electron chi connectivity index (χ3n) is 9.25. The van der Waals surface area contributed by atoms with Crippen LogP contribution in [0.25, 0.3) is 10.9 Å². The van der Waals surface area contributed by atoms with Crippen molar-refractivity contribution < 1.29 is 23.8 Å². The Labute approximate surface area is 257 Å². The molecule has 0 radical (unpaired) electrons. The number of hydrogen-bond donors (Lipinski definition) is 2. The molecule has 3 heterocycles. The number of fused-ring (bicyclic) bond motifs is 4. The topological polar surface area (TPSA) is 96.7 Å². The fourth-order valence-corrected chi connectivity index (χ4v) is 7.38. The van der Waals surface area contributed by atoms with Crippen molar-refractivity contribution in [3.05, 3.63) is 87.7 Å². The molecule has 3 aliphatic rings. The van der Waals surface area contributed by atoms with E-state index in [2.05, 4.69) is 10.2 Å². The van der Waals surface area contributed by atoms with E-state index in [1.807, 2.05) is 6.92 Å². The number of hydrogen-bond acceptors (Lipinski definition) is 5. The van der Waals surface area contributed by atoms with E-state index in [-0.39, 0.29) is 35.1 Å². The molecule has 0 bridgehead atoms. The second kappa shape index (κ2) is 10.5. The largest absolute Gasteiger partial charge is 0.478 e. The van der Waals surface area contributed by atoms with E-state index >= 15 is 4.39 Å². The SMILES string of the molecule is C[C@]1(C(=O)Nc2cccc(Cl)c2)[C@@H](c2cccc(Cl)c2F)[C@@H]2Cn3nc4ccc(C(=O)O)cc4c3OC[C@@H]2N1CC1CC1. The summed E-state index contributed by atoms with van der Waals surface area (Å²) in [5.41, 5.74) is 0.455. The maximum Gasteiger partial charge on any atom is 0.335 e. The molecule has 1 aromatic heterocycles. The van der Waals surface area contributed by atoms with E-state index in [0.717, 1.165) is 12.8 Å². The van der Waals surface area contributed by atoms with Crippen LogP contribution in [-0.2, 0) is 11.3 Å². The molecule has 0 spiro atoms. The van der Waals surface area contributed by atoms with Gasteiger partial charge in [0.15, 0.2) is 0 Å². The van der Waals surface area contributed by atoms with Crippen LogP contribution in [0.1, 0.15) is 41.6 Å². The van der Waals surface area contributed by atoms with E-state index in [9.17, 15) is 14.7 Å². The molecular weight excluding hydrogens is 594 g/mol. The number of nitrogens with one attached hydrogen (secondary N) is 1. The number of ether oxygens (including phenoxy) is 1. The standard InChI is InChI=1S/C32H29Cl2FN4O4/c1-32(31(42)36-20-5-2-4-19(33)13-20)27(21-6-3-7-24(34)28(21)35)23-15-39-29(43-16-26(23)38(32)14-17-8-9-17)22-12-18(30(40)41)10-11-25(22)37-39/h2-7,10-13,17,23,26-27H,8-9,14-16H2,1H3,(H,36,42)(H,40,41)/t23-,26+,27+,32-/m1/s1. The number of anilines is 1. The molecule has 4 aromatic rings. The van der Waals surface area contributed by atoms with Crippen LogP contribution in [0.5, 0.6) is 5.88 Å². The molecule has 2 aliphatic heterocycles. The molecule has 222 valence electrons. The van der Waals surface area contributed by atoms with Crippen LogP contribution in [0.4, 0.5) is 10.1 Å². The Morgan fingerprint density at radius 2 is 1.93 bits per heavy atom. The first kappa shape index (κ1) is 28.1. The molecule has 2 N–H and O–H groups in total. The van der Waals surface area contributed by atoms with Gasteiger partial charge >= 0.3 is 5.97 Å². The first-order valence-electron chi connectivity index (χ1n) is 14.3. The molecule has 1 saturated carbocycles. The maximum absolute atomic E-state index is 16.0. The van der Waals surface area contributed by atoms with Crippen molar-refractivity contribution >= 4 is 51.7 Å². The molecule has 4 atom stereocenters. The number of likely N-dealkylation sites (tertiary alicyclic amines) is 1. The van der Waals surface area contributed by atoms with Crippen LogP contribution in [-0.4, -0.2) is 56.4 Å². The molecule has 0 unspecified atom stereocenters. The summed E-state index contributed by atoms with van der Waals surface area (Å²) < 4.78 is 24.1. The first-order valence-corrected chi connectivity index (χ1v) is 15.0. The summed E-state index contributed by atoms with van der Waals surface area (Å²) in [5, 5.41) is 18.5. The smallest absolute Gasteiger partial charge is 0.335 e. The lowest BCUT2D eigenvalue weighted by molar-refractivity contribution is -0.127. The van der Waals surface area contributed by atoms with Crippen molar-refractivity contribution in [3.63, 3.8) is 0 Å². The highest BCUT2D eigenvalue weighted by Crippen LogP contribution is 2.54. The molecule has 7 rings (SSSR count). The molecule has 1 amide bonds.